The zero-order chi connectivity index (χ0) is 20.2. The first kappa shape index (κ1) is 19.1. The zero-order valence-corrected chi connectivity index (χ0v) is 16.8. The van der Waals surface area contributed by atoms with Crippen LogP contribution in [-0.4, -0.2) is 49.1 Å². The molecular formula is C23H25N3O3. The van der Waals surface area contributed by atoms with Gasteiger partial charge < -0.3 is 19.0 Å². The van der Waals surface area contributed by atoms with Crippen molar-refractivity contribution in [3.63, 3.8) is 0 Å². The summed E-state index contributed by atoms with van der Waals surface area (Å²) in [6.45, 7) is 4.89. The number of hydrogen-bond acceptors (Lipinski definition) is 5. The van der Waals surface area contributed by atoms with Crippen molar-refractivity contribution in [3.8, 4) is 17.2 Å². The molecule has 2 aromatic carbocycles. The van der Waals surface area contributed by atoms with E-state index in [2.05, 4.69) is 22.0 Å². The maximum Gasteiger partial charge on any atom is 0.228 e. The van der Waals surface area contributed by atoms with Gasteiger partial charge in [0.2, 0.25) is 11.8 Å². The van der Waals surface area contributed by atoms with Crippen molar-refractivity contribution in [1.29, 1.82) is 0 Å². The van der Waals surface area contributed by atoms with Crippen molar-refractivity contribution in [3.05, 3.63) is 66.1 Å². The van der Waals surface area contributed by atoms with Crippen LogP contribution >= 0.6 is 0 Å². The number of aryl methyl sites for hydroxylation is 1. The summed E-state index contributed by atoms with van der Waals surface area (Å²) in [5, 5.41) is 0. The van der Waals surface area contributed by atoms with E-state index in [1.165, 1.54) is 0 Å². The van der Waals surface area contributed by atoms with Crippen molar-refractivity contribution >= 4 is 11.6 Å². The molecule has 150 valence electrons. The Morgan fingerprint density at radius 1 is 1.03 bits per heavy atom. The first-order chi connectivity index (χ1) is 14.1. The molecule has 0 radical (unpaired) electrons. The Bertz CT molecular complexity index is 959. The summed E-state index contributed by atoms with van der Waals surface area (Å²) < 4.78 is 11.0. The first-order valence-corrected chi connectivity index (χ1v) is 9.82. The molecule has 0 saturated carbocycles. The third kappa shape index (κ3) is 4.26. The molecule has 1 aromatic heterocycles. The molecule has 1 fully saturated rings. The van der Waals surface area contributed by atoms with Crippen LogP contribution in [0.5, 0.6) is 5.75 Å². The van der Waals surface area contributed by atoms with Crippen molar-refractivity contribution in [1.82, 2.24) is 9.88 Å². The number of oxazole rings is 1. The van der Waals surface area contributed by atoms with Gasteiger partial charge in [0.05, 0.1) is 19.2 Å². The van der Waals surface area contributed by atoms with Gasteiger partial charge in [0.15, 0.2) is 0 Å². The Morgan fingerprint density at radius 2 is 1.72 bits per heavy atom. The molecule has 3 aromatic rings. The Kier molecular flexibility index (Phi) is 5.51. The molecule has 1 amide bonds. The van der Waals surface area contributed by atoms with E-state index in [4.69, 9.17) is 9.15 Å². The van der Waals surface area contributed by atoms with E-state index in [1.807, 2.05) is 54.3 Å². The van der Waals surface area contributed by atoms with Crippen LogP contribution in [0.4, 0.5) is 5.69 Å². The van der Waals surface area contributed by atoms with Gasteiger partial charge in [0, 0.05) is 37.4 Å². The summed E-state index contributed by atoms with van der Waals surface area (Å²) in [5.41, 5.74) is 2.78. The van der Waals surface area contributed by atoms with E-state index in [-0.39, 0.29) is 12.3 Å². The lowest BCUT2D eigenvalue weighted by atomic mass is 10.2. The summed E-state index contributed by atoms with van der Waals surface area (Å²) in [5.74, 6) is 2.21. The highest BCUT2D eigenvalue weighted by Crippen LogP contribution is 2.23. The van der Waals surface area contributed by atoms with Crippen molar-refractivity contribution in [2.45, 2.75) is 13.3 Å². The summed E-state index contributed by atoms with van der Waals surface area (Å²) in [4.78, 5) is 21.6. The number of carbonyl (C=O) groups is 1. The van der Waals surface area contributed by atoms with E-state index in [1.54, 1.807) is 7.11 Å². The number of ether oxygens (including phenoxy) is 1. The zero-order valence-electron chi connectivity index (χ0n) is 16.8. The average Bonchev–Trinajstić information content (AvgIpc) is 3.14. The second-order valence-corrected chi connectivity index (χ2v) is 7.13. The molecule has 1 aliphatic heterocycles. The molecule has 1 aliphatic rings. The number of carbonyl (C=O) groups excluding carboxylic acids is 1. The smallest absolute Gasteiger partial charge is 0.228 e. The monoisotopic (exact) mass is 391 g/mol. The molecule has 29 heavy (non-hydrogen) atoms. The first-order valence-electron chi connectivity index (χ1n) is 9.82. The lowest BCUT2D eigenvalue weighted by Crippen LogP contribution is -2.49. The number of rotatable bonds is 5. The summed E-state index contributed by atoms with van der Waals surface area (Å²) in [6, 6.07) is 17.8. The Balaban J connectivity index is 1.36. The number of benzene rings is 2. The highest BCUT2D eigenvalue weighted by atomic mass is 16.5. The third-order valence-corrected chi connectivity index (χ3v) is 5.30. The molecule has 0 N–H and O–H groups in total. The lowest BCUT2D eigenvalue weighted by molar-refractivity contribution is -0.130. The molecule has 4 rings (SSSR count). The van der Waals surface area contributed by atoms with Crippen LogP contribution in [0.1, 0.15) is 11.5 Å². The van der Waals surface area contributed by atoms with E-state index >= 15 is 0 Å². The highest BCUT2D eigenvalue weighted by Gasteiger charge is 2.23. The third-order valence-electron chi connectivity index (χ3n) is 5.30. The number of hydrogen-bond donors (Lipinski definition) is 0. The standard InChI is InChI=1S/C23H25N3O3/c1-17-21(24-23(29-17)18-6-4-3-5-7-18)16-22(27)26-14-12-25(13-15-26)19-8-10-20(28-2)11-9-19/h3-11H,12-16H2,1-2H3. The minimum absolute atomic E-state index is 0.0930. The Morgan fingerprint density at radius 3 is 2.38 bits per heavy atom. The minimum Gasteiger partial charge on any atom is -0.497 e. The second-order valence-electron chi connectivity index (χ2n) is 7.13. The molecule has 6 nitrogen and oxygen atoms in total. The topological polar surface area (TPSA) is 58.8 Å². The number of aromatic nitrogens is 1. The quantitative estimate of drug-likeness (QED) is 0.666. The van der Waals surface area contributed by atoms with Crippen LogP contribution in [0.2, 0.25) is 0 Å². The largest absolute Gasteiger partial charge is 0.497 e. The Hall–Kier alpha value is -3.28. The number of amides is 1. The minimum atomic E-state index is 0.0930. The highest BCUT2D eigenvalue weighted by molar-refractivity contribution is 5.79. The lowest BCUT2D eigenvalue weighted by Gasteiger charge is -2.36. The summed E-state index contributed by atoms with van der Waals surface area (Å²) in [6.07, 6.45) is 0.269. The van der Waals surface area contributed by atoms with E-state index in [0.717, 1.165) is 30.1 Å². The van der Waals surface area contributed by atoms with Gasteiger partial charge in [0.25, 0.3) is 0 Å². The number of piperazine rings is 1. The van der Waals surface area contributed by atoms with Crippen LogP contribution < -0.4 is 9.64 Å². The van der Waals surface area contributed by atoms with Gasteiger partial charge in [-0.25, -0.2) is 4.98 Å². The van der Waals surface area contributed by atoms with Gasteiger partial charge in [0.1, 0.15) is 11.5 Å². The predicted molar refractivity (Wildman–Crippen MR) is 112 cm³/mol. The molecule has 0 unspecified atom stereocenters. The van der Waals surface area contributed by atoms with Crippen LogP contribution in [0.15, 0.2) is 59.0 Å². The van der Waals surface area contributed by atoms with Crippen molar-refractivity contribution in [2.75, 3.05) is 38.2 Å². The molecule has 0 bridgehead atoms. The molecule has 1 saturated heterocycles. The van der Waals surface area contributed by atoms with Gasteiger partial charge in [-0.3, -0.25) is 4.79 Å². The van der Waals surface area contributed by atoms with Gasteiger partial charge in [-0.05, 0) is 43.3 Å². The van der Waals surface area contributed by atoms with Gasteiger partial charge in [-0.2, -0.15) is 0 Å². The van der Waals surface area contributed by atoms with Gasteiger partial charge >= 0.3 is 0 Å². The SMILES string of the molecule is COc1ccc(N2CCN(C(=O)Cc3nc(-c4ccccc4)oc3C)CC2)cc1. The van der Waals surface area contributed by atoms with Gasteiger partial charge in [-0.1, -0.05) is 18.2 Å². The molecular weight excluding hydrogens is 366 g/mol. The number of anilines is 1. The molecule has 0 aliphatic carbocycles. The maximum atomic E-state index is 12.8. The molecule has 0 atom stereocenters. The fourth-order valence-electron chi connectivity index (χ4n) is 3.56. The van der Waals surface area contributed by atoms with Crippen molar-refractivity contribution < 1.29 is 13.9 Å². The van der Waals surface area contributed by atoms with Crippen molar-refractivity contribution in [2.24, 2.45) is 0 Å². The van der Waals surface area contributed by atoms with Crippen LogP contribution in [0.25, 0.3) is 11.5 Å². The predicted octanol–water partition coefficient (Wildman–Crippen LogP) is 3.55. The summed E-state index contributed by atoms with van der Waals surface area (Å²) >= 11 is 0. The van der Waals surface area contributed by atoms with E-state index in [0.29, 0.717) is 30.4 Å². The summed E-state index contributed by atoms with van der Waals surface area (Å²) in [7, 11) is 1.67. The fraction of sp³-hybridized carbons (Fsp3) is 0.304. The fourth-order valence-corrected chi connectivity index (χ4v) is 3.56. The molecule has 2 heterocycles. The maximum absolute atomic E-state index is 12.8. The average molecular weight is 391 g/mol. The van der Waals surface area contributed by atoms with Crippen LogP contribution in [-0.2, 0) is 11.2 Å². The Labute approximate surface area is 170 Å². The molecule has 0 spiro atoms. The normalized spacial score (nSPS) is 14.1. The second kappa shape index (κ2) is 8.39. The van der Waals surface area contributed by atoms with Crippen LogP contribution in [0, 0.1) is 6.92 Å². The van der Waals surface area contributed by atoms with Gasteiger partial charge in [-0.15, -0.1) is 0 Å². The number of nitrogens with zero attached hydrogens (tertiary/aromatic N) is 3. The molecule has 6 heteroatoms. The van der Waals surface area contributed by atoms with E-state index in [9.17, 15) is 4.79 Å². The van der Waals surface area contributed by atoms with Crippen LogP contribution in [0.3, 0.4) is 0 Å². The number of methoxy groups -OCH3 is 1. The van der Waals surface area contributed by atoms with E-state index < -0.39 is 0 Å².